The minimum absolute atomic E-state index is 0.789. The summed E-state index contributed by atoms with van der Waals surface area (Å²) < 4.78 is 0. The molecule has 0 radical (unpaired) electrons. The summed E-state index contributed by atoms with van der Waals surface area (Å²) in [5, 5.41) is 0. The molecule has 1 aromatic rings. The summed E-state index contributed by atoms with van der Waals surface area (Å²) in [6, 6.07) is 10.8. The van der Waals surface area contributed by atoms with Crippen molar-refractivity contribution in [2.45, 2.75) is 84.0 Å². The van der Waals surface area contributed by atoms with Gasteiger partial charge in [0.05, 0.1) is 0 Å². The van der Waals surface area contributed by atoms with Gasteiger partial charge in [0, 0.05) is 0 Å². The third kappa shape index (κ3) is 5.86. The van der Waals surface area contributed by atoms with E-state index in [1.165, 1.54) is 88.2 Å². The third-order valence-corrected chi connectivity index (χ3v) is 6.70. The number of unbranched alkanes of at least 4 members (excludes halogenated alkanes) is 5. The summed E-state index contributed by atoms with van der Waals surface area (Å²) in [5.74, 6) is 2.75. The highest BCUT2D eigenvalue weighted by molar-refractivity contribution is 5.74. The van der Waals surface area contributed by atoms with E-state index in [1.807, 2.05) is 0 Å². The quantitative estimate of drug-likeness (QED) is 0.394. The van der Waals surface area contributed by atoms with Crippen LogP contribution < -0.4 is 0 Å². The zero-order valence-corrected chi connectivity index (χ0v) is 16.8. The number of allylic oxidation sites excluding steroid dienone is 4. The first kappa shape index (κ1) is 19.5. The Morgan fingerprint density at radius 3 is 2.27 bits per heavy atom. The summed E-state index contributed by atoms with van der Waals surface area (Å²) in [5.41, 5.74) is 2.78. The van der Waals surface area contributed by atoms with E-state index in [-0.39, 0.29) is 0 Å². The molecule has 2 aliphatic carbocycles. The molecule has 1 saturated carbocycles. The van der Waals surface area contributed by atoms with Gasteiger partial charge in [-0.1, -0.05) is 113 Å². The Bertz CT molecular complexity index is 557. The topological polar surface area (TPSA) is 0 Å². The molecule has 0 nitrogen and oxygen atoms in total. The molecule has 1 fully saturated rings. The predicted octanol–water partition coefficient (Wildman–Crippen LogP) is 8.20. The largest absolute Gasteiger partial charge is 0.0802 e. The molecule has 0 spiro atoms. The highest BCUT2D eigenvalue weighted by Crippen LogP contribution is 2.39. The second kappa shape index (κ2) is 10.8. The van der Waals surface area contributed by atoms with Gasteiger partial charge in [0.2, 0.25) is 0 Å². The van der Waals surface area contributed by atoms with Crippen LogP contribution >= 0.6 is 0 Å². The molecule has 0 saturated heterocycles. The molecular formula is C26H38. The van der Waals surface area contributed by atoms with Crippen molar-refractivity contribution in [3.05, 3.63) is 54.1 Å². The van der Waals surface area contributed by atoms with Crippen LogP contribution in [0.25, 0.3) is 5.57 Å². The molecule has 1 aromatic carbocycles. The lowest BCUT2D eigenvalue weighted by molar-refractivity contribution is 0.218. The van der Waals surface area contributed by atoms with Gasteiger partial charge in [-0.3, -0.25) is 0 Å². The van der Waals surface area contributed by atoms with E-state index in [0.29, 0.717) is 0 Å². The molecule has 1 unspecified atom stereocenters. The average molecular weight is 351 g/mol. The lowest BCUT2D eigenvalue weighted by atomic mass is 9.72. The van der Waals surface area contributed by atoms with E-state index >= 15 is 0 Å². The van der Waals surface area contributed by atoms with Crippen molar-refractivity contribution in [1.29, 1.82) is 0 Å². The maximum atomic E-state index is 2.51. The van der Waals surface area contributed by atoms with Crippen LogP contribution in [0.1, 0.15) is 89.5 Å². The zero-order valence-electron chi connectivity index (χ0n) is 16.8. The Morgan fingerprint density at radius 1 is 0.846 bits per heavy atom. The van der Waals surface area contributed by atoms with Crippen molar-refractivity contribution in [2.24, 2.45) is 17.8 Å². The van der Waals surface area contributed by atoms with Crippen molar-refractivity contribution in [2.75, 3.05) is 0 Å². The van der Waals surface area contributed by atoms with E-state index in [4.69, 9.17) is 0 Å². The van der Waals surface area contributed by atoms with E-state index in [1.54, 1.807) is 0 Å². The fraction of sp³-hybridized carbons (Fsp3) is 0.615. The van der Waals surface area contributed by atoms with Gasteiger partial charge in [-0.15, -0.1) is 0 Å². The van der Waals surface area contributed by atoms with Gasteiger partial charge < -0.3 is 0 Å². The van der Waals surface area contributed by atoms with Crippen LogP contribution in [-0.2, 0) is 0 Å². The van der Waals surface area contributed by atoms with Crippen molar-refractivity contribution in [1.82, 2.24) is 0 Å². The summed E-state index contributed by atoms with van der Waals surface area (Å²) in [4.78, 5) is 0. The standard InChI is InChI=1S/C26H38/c1-2-3-4-5-6-8-11-22-14-16-24(17-15-22)26-20-18-25(19-21-26)23-12-9-7-10-13-23/h7,9-10,12-13,18-20,22,24,26H,2-6,8,11,14-17,21H2,1H3. The SMILES string of the molecule is CCCCCCCCC1CCC(C2C=CC(c3ccccc3)=CC2)CC1. The fourth-order valence-electron chi connectivity index (χ4n) is 4.95. The molecule has 0 heteroatoms. The molecule has 0 bridgehead atoms. The van der Waals surface area contributed by atoms with E-state index in [2.05, 4.69) is 55.5 Å². The molecule has 142 valence electrons. The first-order valence-electron chi connectivity index (χ1n) is 11.3. The molecule has 3 rings (SSSR count). The Morgan fingerprint density at radius 2 is 1.58 bits per heavy atom. The maximum Gasteiger partial charge on any atom is -0.0167 e. The Labute approximate surface area is 161 Å². The molecule has 0 heterocycles. The van der Waals surface area contributed by atoms with Crippen LogP contribution in [0.15, 0.2) is 48.6 Å². The number of hydrogen-bond acceptors (Lipinski definition) is 0. The molecule has 2 aliphatic rings. The smallest absolute Gasteiger partial charge is 0.0167 e. The molecular weight excluding hydrogens is 312 g/mol. The van der Waals surface area contributed by atoms with Gasteiger partial charge in [0.1, 0.15) is 0 Å². The lowest BCUT2D eigenvalue weighted by Crippen LogP contribution is -2.21. The normalized spacial score (nSPS) is 25.9. The maximum absolute atomic E-state index is 2.51. The Balaban J connectivity index is 1.34. The van der Waals surface area contributed by atoms with Gasteiger partial charge in [-0.2, -0.15) is 0 Å². The molecule has 0 N–H and O–H groups in total. The molecule has 1 atom stereocenters. The number of hydrogen-bond donors (Lipinski definition) is 0. The van der Waals surface area contributed by atoms with Crippen LogP contribution in [0, 0.1) is 17.8 Å². The van der Waals surface area contributed by atoms with Crippen LogP contribution in [0.5, 0.6) is 0 Å². The second-order valence-electron chi connectivity index (χ2n) is 8.62. The highest BCUT2D eigenvalue weighted by Gasteiger charge is 2.26. The van der Waals surface area contributed by atoms with Gasteiger partial charge in [0.15, 0.2) is 0 Å². The van der Waals surface area contributed by atoms with Crippen LogP contribution in [0.2, 0.25) is 0 Å². The monoisotopic (exact) mass is 350 g/mol. The third-order valence-electron chi connectivity index (χ3n) is 6.70. The van der Waals surface area contributed by atoms with Gasteiger partial charge in [-0.05, 0) is 48.2 Å². The molecule has 0 aliphatic heterocycles. The minimum Gasteiger partial charge on any atom is -0.0802 e. The summed E-state index contributed by atoms with van der Waals surface area (Å²) in [6.07, 6.45) is 24.7. The van der Waals surface area contributed by atoms with Crippen molar-refractivity contribution in [3.8, 4) is 0 Å². The summed E-state index contributed by atoms with van der Waals surface area (Å²) in [7, 11) is 0. The molecule has 26 heavy (non-hydrogen) atoms. The number of rotatable bonds is 9. The van der Waals surface area contributed by atoms with Gasteiger partial charge in [0.25, 0.3) is 0 Å². The Hall–Kier alpha value is -1.30. The van der Waals surface area contributed by atoms with Crippen molar-refractivity contribution >= 4 is 5.57 Å². The Kier molecular flexibility index (Phi) is 8.05. The predicted molar refractivity (Wildman–Crippen MR) is 115 cm³/mol. The second-order valence-corrected chi connectivity index (χ2v) is 8.62. The van der Waals surface area contributed by atoms with E-state index in [0.717, 1.165) is 17.8 Å². The summed E-state index contributed by atoms with van der Waals surface area (Å²) >= 11 is 0. The van der Waals surface area contributed by atoms with Crippen LogP contribution in [0.4, 0.5) is 0 Å². The molecule has 0 amide bonds. The fourth-order valence-corrected chi connectivity index (χ4v) is 4.95. The van der Waals surface area contributed by atoms with Crippen molar-refractivity contribution in [3.63, 3.8) is 0 Å². The lowest BCUT2D eigenvalue weighted by Gasteiger charge is -2.33. The zero-order chi connectivity index (χ0) is 18.0. The summed E-state index contributed by atoms with van der Waals surface area (Å²) in [6.45, 7) is 2.30. The van der Waals surface area contributed by atoms with E-state index in [9.17, 15) is 0 Å². The minimum atomic E-state index is 0.789. The molecule has 0 aromatic heterocycles. The van der Waals surface area contributed by atoms with E-state index < -0.39 is 0 Å². The van der Waals surface area contributed by atoms with Gasteiger partial charge in [-0.25, -0.2) is 0 Å². The first-order chi connectivity index (χ1) is 12.9. The van der Waals surface area contributed by atoms with Crippen molar-refractivity contribution < 1.29 is 0 Å². The van der Waals surface area contributed by atoms with Gasteiger partial charge >= 0.3 is 0 Å². The average Bonchev–Trinajstić information content (AvgIpc) is 2.72. The number of benzene rings is 1. The van der Waals surface area contributed by atoms with Crippen LogP contribution in [0.3, 0.4) is 0 Å². The first-order valence-corrected chi connectivity index (χ1v) is 11.3. The van der Waals surface area contributed by atoms with Crippen LogP contribution in [-0.4, -0.2) is 0 Å². The highest BCUT2D eigenvalue weighted by atomic mass is 14.3.